The fourth-order valence-electron chi connectivity index (χ4n) is 2.36. The molecular weight excluding hydrogens is 356 g/mol. The molecule has 0 aliphatic rings. The highest BCUT2D eigenvalue weighted by Gasteiger charge is 2.10. The number of hydrogen-bond donors (Lipinski definition) is 1. The Morgan fingerprint density at radius 2 is 1.85 bits per heavy atom. The maximum absolute atomic E-state index is 12.1. The molecule has 7 nitrogen and oxygen atoms in total. The maximum atomic E-state index is 12.1. The fraction of sp³-hybridized carbons (Fsp3) is 0.222. The zero-order chi connectivity index (χ0) is 19.2. The van der Waals surface area contributed by atoms with Crippen molar-refractivity contribution < 1.29 is 18.3 Å². The summed E-state index contributed by atoms with van der Waals surface area (Å²) in [5.74, 6) is 0.0708. The van der Waals surface area contributed by atoms with Gasteiger partial charge in [0.15, 0.2) is 0 Å². The van der Waals surface area contributed by atoms with E-state index >= 15 is 0 Å². The number of benzene rings is 2. The summed E-state index contributed by atoms with van der Waals surface area (Å²) in [5, 5.41) is 14.6. The summed E-state index contributed by atoms with van der Waals surface area (Å²) in [6.45, 7) is -0.951. The number of tetrazole rings is 1. The largest absolute Gasteiger partial charge is 0.435 e. The van der Waals surface area contributed by atoms with Crippen LogP contribution in [-0.2, 0) is 17.8 Å². The monoisotopic (exact) mass is 373 g/mol. The number of rotatable bonds is 7. The molecule has 0 bridgehead atoms. The molecule has 3 rings (SSSR count). The van der Waals surface area contributed by atoms with Crippen molar-refractivity contribution in [1.82, 2.24) is 20.2 Å². The van der Waals surface area contributed by atoms with Crippen LogP contribution in [0.25, 0.3) is 11.4 Å². The number of anilines is 1. The molecule has 9 heteroatoms. The van der Waals surface area contributed by atoms with Gasteiger partial charge in [0.2, 0.25) is 11.7 Å². The first-order valence-corrected chi connectivity index (χ1v) is 8.25. The van der Waals surface area contributed by atoms with Crippen LogP contribution >= 0.6 is 0 Å². The van der Waals surface area contributed by atoms with E-state index in [1.54, 1.807) is 0 Å². The molecule has 1 heterocycles. The Hall–Kier alpha value is -3.36. The van der Waals surface area contributed by atoms with E-state index in [2.05, 4.69) is 32.4 Å². The first-order chi connectivity index (χ1) is 13.0. The van der Waals surface area contributed by atoms with Gasteiger partial charge in [-0.2, -0.15) is 13.6 Å². The molecule has 140 valence electrons. The van der Waals surface area contributed by atoms with Crippen LogP contribution in [0.4, 0.5) is 14.5 Å². The summed E-state index contributed by atoms with van der Waals surface area (Å²) < 4.78 is 28.5. The van der Waals surface area contributed by atoms with Gasteiger partial charge in [-0.15, -0.1) is 10.2 Å². The fourth-order valence-corrected chi connectivity index (χ4v) is 2.36. The number of alkyl halides is 2. The Bertz CT molecular complexity index is 895. The number of halogens is 2. The SMILES string of the molecule is CCc1ccc(-c2nnn(CC(=O)Nc3ccc(OC(F)F)cc3)n2)cc1. The van der Waals surface area contributed by atoms with E-state index < -0.39 is 6.61 Å². The zero-order valence-electron chi connectivity index (χ0n) is 14.5. The molecule has 0 aliphatic heterocycles. The number of nitrogens with one attached hydrogen (secondary N) is 1. The standard InChI is InChI=1S/C18H17F2N5O2/c1-2-12-3-5-13(6-4-12)17-22-24-25(23-17)11-16(26)21-14-7-9-15(10-8-14)27-18(19)20/h3-10,18H,2,11H2,1H3,(H,21,26). The molecule has 3 aromatic rings. The Morgan fingerprint density at radius 1 is 1.15 bits per heavy atom. The second-order valence-electron chi connectivity index (χ2n) is 5.64. The topological polar surface area (TPSA) is 81.9 Å². The number of nitrogens with zero attached hydrogens (tertiary/aromatic N) is 4. The summed E-state index contributed by atoms with van der Waals surface area (Å²) >= 11 is 0. The van der Waals surface area contributed by atoms with E-state index in [9.17, 15) is 13.6 Å². The van der Waals surface area contributed by atoms with Crippen LogP contribution < -0.4 is 10.1 Å². The van der Waals surface area contributed by atoms with Gasteiger partial charge in [0.25, 0.3) is 0 Å². The summed E-state index contributed by atoms with van der Waals surface area (Å²) in [4.78, 5) is 13.3. The number of carbonyl (C=O) groups is 1. The van der Waals surface area contributed by atoms with Crippen LogP contribution in [0.1, 0.15) is 12.5 Å². The molecule has 2 aromatic carbocycles. The van der Waals surface area contributed by atoms with Crippen LogP contribution in [0.2, 0.25) is 0 Å². The number of ether oxygens (including phenoxy) is 1. The van der Waals surface area contributed by atoms with E-state index in [0.29, 0.717) is 11.5 Å². The van der Waals surface area contributed by atoms with Gasteiger partial charge < -0.3 is 10.1 Å². The van der Waals surface area contributed by atoms with Gasteiger partial charge in [-0.1, -0.05) is 31.2 Å². The Balaban J connectivity index is 1.58. The van der Waals surface area contributed by atoms with Crippen LogP contribution in [0.5, 0.6) is 5.75 Å². The van der Waals surface area contributed by atoms with Crippen molar-refractivity contribution in [2.45, 2.75) is 26.5 Å². The summed E-state index contributed by atoms with van der Waals surface area (Å²) in [6.07, 6.45) is 0.940. The highest BCUT2D eigenvalue weighted by atomic mass is 19.3. The molecule has 0 saturated carbocycles. The van der Waals surface area contributed by atoms with Crippen molar-refractivity contribution in [1.29, 1.82) is 0 Å². The van der Waals surface area contributed by atoms with Gasteiger partial charge in [-0.25, -0.2) is 0 Å². The molecule has 0 spiro atoms. The minimum atomic E-state index is -2.89. The van der Waals surface area contributed by atoms with Gasteiger partial charge in [0, 0.05) is 11.3 Å². The number of amides is 1. The number of carbonyl (C=O) groups excluding carboxylic acids is 1. The third-order valence-electron chi connectivity index (χ3n) is 3.72. The van der Waals surface area contributed by atoms with Crippen LogP contribution in [0.3, 0.4) is 0 Å². The number of aryl methyl sites for hydroxylation is 1. The number of hydrogen-bond acceptors (Lipinski definition) is 5. The molecule has 0 saturated heterocycles. The highest BCUT2D eigenvalue weighted by Crippen LogP contribution is 2.18. The smallest absolute Gasteiger partial charge is 0.387 e. The molecule has 0 fully saturated rings. The predicted molar refractivity (Wildman–Crippen MR) is 94.3 cm³/mol. The van der Waals surface area contributed by atoms with Gasteiger partial charge in [0.05, 0.1) is 0 Å². The second-order valence-corrected chi connectivity index (χ2v) is 5.64. The third-order valence-corrected chi connectivity index (χ3v) is 3.72. The molecule has 0 unspecified atom stereocenters. The average molecular weight is 373 g/mol. The van der Waals surface area contributed by atoms with Crippen molar-refractivity contribution in [3.8, 4) is 17.1 Å². The van der Waals surface area contributed by atoms with Gasteiger partial charge >= 0.3 is 6.61 Å². The van der Waals surface area contributed by atoms with E-state index in [-0.39, 0.29) is 18.2 Å². The molecule has 0 aliphatic carbocycles. The lowest BCUT2D eigenvalue weighted by Gasteiger charge is -2.07. The van der Waals surface area contributed by atoms with E-state index in [4.69, 9.17) is 0 Å². The molecular formula is C18H17F2N5O2. The van der Waals surface area contributed by atoms with Crippen molar-refractivity contribution in [2.24, 2.45) is 0 Å². The van der Waals surface area contributed by atoms with E-state index in [0.717, 1.165) is 12.0 Å². The van der Waals surface area contributed by atoms with Crippen molar-refractivity contribution >= 4 is 11.6 Å². The van der Waals surface area contributed by atoms with Gasteiger partial charge in [-0.05, 0) is 41.5 Å². The van der Waals surface area contributed by atoms with Crippen LogP contribution in [0.15, 0.2) is 48.5 Å². The van der Waals surface area contributed by atoms with Crippen molar-refractivity contribution in [3.63, 3.8) is 0 Å². The quantitative estimate of drug-likeness (QED) is 0.688. The molecule has 1 amide bonds. The molecule has 1 aromatic heterocycles. The number of aromatic nitrogens is 4. The third kappa shape index (κ3) is 5.06. The lowest BCUT2D eigenvalue weighted by Crippen LogP contribution is -2.20. The second kappa shape index (κ2) is 8.35. The van der Waals surface area contributed by atoms with Crippen LogP contribution in [0, 0.1) is 0 Å². The average Bonchev–Trinajstić information content (AvgIpc) is 3.11. The first-order valence-electron chi connectivity index (χ1n) is 8.25. The van der Waals surface area contributed by atoms with Gasteiger partial charge in [-0.3, -0.25) is 4.79 Å². The normalized spacial score (nSPS) is 10.8. The lowest BCUT2D eigenvalue weighted by atomic mass is 10.1. The molecule has 1 N–H and O–H groups in total. The summed E-state index contributed by atoms with van der Waals surface area (Å²) in [6, 6.07) is 13.4. The first kappa shape index (κ1) is 18.4. The Labute approximate surface area is 154 Å². The summed E-state index contributed by atoms with van der Waals surface area (Å²) in [7, 11) is 0. The van der Waals surface area contributed by atoms with Crippen molar-refractivity contribution in [2.75, 3.05) is 5.32 Å². The maximum Gasteiger partial charge on any atom is 0.387 e. The zero-order valence-corrected chi connectivity index (χ0v) is 14.5. The predicted octanol–water partition coefficient (Wildman–Crippen LogP) is 3.14. The van der Waals surface area contributed by atoms with Crippen molar-refractivity contribution in [3.05, 3.63) is 54.1 Å². The van der Waals surface area contributed by atoms with Gasteiger partial charge in [0.1, 0.15) is 12.3 Å². The van der Waals surface area contributed by atoms with E-state index in [1.165, 1.54) is 34.6 Å². The lowest BCUT2D eigenvalue weighted by molar-refractivity contribution is -0.117. The highest BCUT2D eigenvalue weighted by molar-refractivity contribution is 5.90. The Kier molecular flexibility index (Phi) is 5.70. The van der Waals surface area contributed by atoms with E-state index in [1.807, 2.05) is 24.3 Å². The molecule has 0 atom stereocenters. The minimum absolute atomic E-state index is 0.0136. The molecule has 27 heavy (non-hydrogen) atoms. The minimum Gasteiger partial charge on any atom is -0.435 e. The Morgan fingerprint density at radius 3 is 2.48 bits per heavy atom. The summed E-state index contributed by atoms with van der Waals surface area (Å²) in [5.41, 5.74) is 2.46. The van der Waals surface area contributed by atoms with Crippen LogP contribution in [-0.4, -0.2) is 32.7 Å². The molecule has 0 radical (unpaired) electrons.